The van der Waals surface area contributed by atoms with Gasteiger partial charge in [-0.05, 0) is 44.7 Å². The second kappa shape index (κ2) is 13.1. The van der Waals surface area contributed by atoms with Crippen molar-refractivity contribution in [3.63, 3.8) is 0 Å². The number of nitriles is 1. The minimum Gasteiger partial charge on any atom is -0.368 e. The summed E-state index contributed by atoms with van der Waals surface area (Å²) in [6.45, 7) is 6.47. The van der Waals surface area contributed by atoms with Gasteiger partial charge in [-0.25, -0.2) is 0 Å². The van der Waals surface area contributed by atoms with Gasteiger partial charge in [0.25, 0.3) is 0 Å². The van der Waals surface area contributed by atoms with Crippen LogP contribution in [-0.2, 0) is 6.54 Å². The number of aliphatic imine (C=N–C) groups is 1. The van der Waals surface area contributed by atoms with E-state index in [4.69, 9.17) is 4.99 Å². The molecule has 8 nitrogen and oxygen atoms in total. The zero-order valence-electron chi connectivity index (χ0n) is 17.5. The summed E-state index contributed by atoms with van der Waals surface area (Å²) in [4.78, 5) is 7.05. The van der Waals surface area contributed by atoms with Crippen molar-refractivity contribution in [1.29, 1.82) is 5.26 Å². The molecule has 9 heteroatoms. The van der Waals surface area contributed by atoms with Gasteiger partial charge in [-0.1, -0.05) is 12.1 Å². The third-order valence-corrected chi connectivity index (χ3v) is 5.03. The van der Waals surface area contributed by atoms with Crippen molar-refractivity contribution in [2.45, 2.75) is 45.2 Å². The standard InChI is InChI=1S/C21H30N8.HI/c1-2-23-21(24-11-5-6-12-28-16-25-26-17-28)27-19-9-7-13-29(15-19)20-10-4-3-8-18(20)14-22;/h3-4,8,10,16-17,19H,2,5-7,9,11-13,15H2,1H3,(H2,23,24,27);1H. The molecule has 1 saturated heterocycles. The van der Waals surface area contributed by atoms with Gasteiger partial charge in [-0.15, -0.1) is 34.2 Å². The Kier molecular flexibility index (Phi) is 10.4. The first-order chi connectivity index (χ1) is 14.3. The molecule has 0 aliphatic carbocycles. The van der Waals surface area contributed by atoms with Crippen molar-refractivity contribution < 1.29 is 0 Å². The Morgan fingerprint density at radius 3 is 2.83 bits per heavy atom. The Morgan fingerprint density at radius 2 is 2.07 bits per heavy atom. The van der Waals surface area contributed by atoms with Crippen LogP contribution in [-0.4, -0.2) is 52.9 Å². The molecule has 0 saturated carbocycles. The highest BCUT2D eigenvalue weighted by Gasteiger charge is 2.22. The molecule has 0 radical (unpaired) electrons. The Bertz CT molecular complexity index is 815. The molecule has 2 N–H and O–H groups in total. The van der Waals surface area contributed by atoms with Crippen LogP contribution < -0.4 is 15.5 Å². The summed E-state index contributed by atoms with van der Waals surface area (Å²) in [7, 11) is 0. The lowest BCUT2D eigenvalue weighted by molar-refractivity contribution is 0.467. The number of anilines is 1. The number of hydrogen-bond acceptors (Lipinski definition) is 5. The number of unbranched alkanes of at least 4 members (excludes halogenated alkanes) is 1. The molecule has 1 aliphatic rings. The molecule has 0 spiro atoms. The van der Waals surface area contributed by atoms with Gasteiger partial charge < -0.3 is 20.1 Å². The van der Waals surface area contributed by atoms with E-state index in [0.717, 1.165) is 75.6 Å². The second-order valence-corrected chi connectivity index (χ2v) is 7.23. The van der Waals surface area contributed by atoms with Gasteiger partial charge in [-0.3, -0.25) is 4.99 Å². The molecule has 0 bridgehead atoms. The van der Waals surface area contributed by atoms with Crippen LogP contribution in [0, 0.1) is 11.3 Å². The van der Waals surface area contributed by atoms with Crippen molar-refractivity contribution >= 4 is 35.6 Å². The van der Waals surface area contributed by atoms with Gasteiger partial charge in [0, 0.05) is 38.8 Å². The quantitative estimate of drug-likeness (QED) is 0.240. The van der Waals surface area contributed by atoms with E-state index >= 15 is 0 Å². The number of benzene rings is 1. The molecular weight excluding hydrogens is 491 g/mol. The van der Waals surface area contributed by atoms with Crippen molar-refractivity contribution in [2.75, 3.05) is 31.1 Å². The second-order valence-electron chi connectivity index (χ2n) is 7.23. The molecule has 1 aromatic carbocycles. The number of rotatable bonds is 8. The third-order valence-electron chi connectivity index (χ3n) is 5.03. The van der Waals surface area contributed by atoms with Crippen LogP contribution in [0.4, 0.5) is 5.69 Å². The average molecular weight is 522 g/mol. The highest BCUT2D eigenvalue weighted by atomic mass is 127. The molecule has 1 fully saturated rings. The summed E-state index contributed by atoms with van der Waals surface area (Å²) in [5.41, 5.74) is 1.76. The number of nitrogens with one attached hydrogen (secondary N) is 2. The van der Waals surface area contributed by atoms with Crippen LogP contribution >= 0.6 is 24.0 Å². The van der Waals surface area contributed by atoms with Gasteiger partial charge in [0.05, 0.1) is 11.3 Å². The van der Waals surface area contributed by atoms with E-state index in [-0.39, 0.29) is 24.0 Å². The lowest BCUT2D eigenvalue weighted by Crippen LogP contribution is -2.51. The summed E-state index contributed by atoms with van der Waals surface area (Å²) in [5, 5.41) is 24.0. The maximum Gasteiger partial charge on any atom is 0.191 e. The molecule has 3 rings (SSSR count). The van der Waals surface area contributed by atoms with E-state index in [1.54, 1.807) is 12.7 Å². The molecule has 2 heterocycles. The van der Waals surface area contributed by atoms with E-state index in [9.17, 15) is 5.26 Å². The summed E-state index contributed by atoms with van der Waals surface area (Å²) < 4.78 is 1.99. The fourth-order valence-electron chi connectivity index (χ4n) is 3.61. The van der Waals surface area contributed by atoms with Crippen LogP contribution in [0.3, 0.4) is 0 Å². The summed E-state index contributed by atoms with van der Waals surface area (Å²) >= 11 is 0. The minimum atomic E-state index is 0. The van der Waals surface area contributed by atoms with Gasteiger partial charge >= 0.3 is 0 Å². The third kappa shape index (κ3) is 7.16. The number of aryl methyl sites for hydroxylation is 1. The smallest absolute Gasteiger partial charge is 0.191 e. The number of hydrogen-bond donors (Lipinski definition) is 2. The first-order valence-corrected chi connectivity index (χ1v) is 10.4. The Balaban J connectivity index is 0.00000320. The fourth-order valence-corrected chi connectivity index (χ4v) is 3.61. The van der Waals surface area contributed by atoms with Crippen LogP contribution in [0.2, 0.25) is 0 Å². The van der Waals surface area contributed by atoms with E-state index in [2.05, 4.69) is 38.7 Å². The van der Waals surface area contributed by atoms with Gasteiger partial charge in [-0.2, -0.15) is 5.26 Å². The first kappa shape index (κ1) is 23.9. The predicted molar refractivity (Wildman–Crippen MR) is 130 cm³/mol. The summed E-state index contributed by atoms with van der Waals surface area (Å²) in [5.74, 6) is 0.872. The maximum atomic E-state index is 9.40. The molecule has 2 aromatic rings. The van der Waals surface area contributed by atoms with E-state index < -0.39 is 0 Å². The van der Waals surface area contributed by atoms with Crippen molar-refractivity contribution in [3.05, 3.63) is 42.5 Å². The van der Waals surface area contributed by atoms with E-state index in [1.807, 2.05) is 28.8 Å². The first-order valence-electron chi connectivity index (χ1n) is 10.4. The monoisotopic (exact) mass is 522 g/mol. The van der Waals surface area contributed by atoms with Crippen molar-refractivity contribution in [3.8, 4) is 6.07 Å². The molecule has 1 unspecified atom stereocenters. The SMILES string of the molecule is CCNC(=NCCCCn1cnnc1)NC1CCCN(c2ccccc2C#N)C1.I. The molecule has 1 aliphatic heterocycles. The lowest BCUT2D eigenvalue weighted by Gasteiger charge is -2.35. The van der Waals surface area contributed by atoms with Crippen LogP contribution in [0.25, 0.3) is 0 Å². The number of halogens is 1. The largest absolute Gasteiger partial charge is 0.368 e. The highest BCUT2D eigenvalue weighted by molar-refractivity contribution is 14.0. The van der Waals surface area contributed by atoms with Gasteiger partial charge in [0.2, 0.25) is 0 Å². The number of aromatic nitrogens is 3. The fraction of sp³-hybridized carbons (Fsp3) is 0.524. The van der Waals surface area contributed by atoms with Crippen molar-refractivity contribution in [2.24, 2.45) is 4.99 Å². The molecule has 162 valence electrons. The van der Waals surface area contributed by atoms with Crippen LogP contribution in [0.15, 0.2) is 41.9 Å². The Morgan fingerprint density at radius 1 is 1.27 bits per heavy atom. The number of guanidine groups is 1. The maximum absolute atomic E-state index is 9.40. The zero-order chi connectivity index (χ0) is 20.3. The average Bonchev–Trinajstić information content (AvgIpc) is 3.27. The van der Waals surface area contributed by atoms with E-state index in [0.29, 0.717) is 6.04 Å². The van der Waals surface area contributed by atoms with E-state index in [1.165, 1.54) is 0 Å². The number of nitrogens with zero attached hydrogens (tertiary/aromatic N) is 6. The minimum absolute atomic E-state index is 0. The van der Waals surface area contributed by atoms with Crippen LogP contribution in [0.5, 0.6) is 0 Å². The lowest BCUT2D eigenvalue weighted by atomic mass is 10.0. The highest BCUT2D eigenvalue weighted by Crippen LogP contribution is 2.23. The molecular formula is C21H31IN8. The van der Waals surface area contributed by atoms with Crippen LogP contribution in [0.1, 0.15) is 38.2 Å². The number of piperidine rings is 1. The number of para-hydroxylation sites is 1. The summed E-state index contributed by atoms with van der Waals surface area (Å²) in [6.07, 6.45) is 7.74. The zero-order valence-corrected chi connectivity index (χ0v) is 19.8. The molecule has 0 amide bonds. The topological polar surface area (TPSA) is 94.2 Å². The Hall–Kier alpha value is -2.35. The van der Waals surface area contributed by atoms with Gasteiger partial charge in [0.1, 0.15) is 18.7 Å². The summed E-state index contributed by atoms with van der Waals surface area (Å²) in [6, 6.07) is 10.5. The molecule has 30 heavy (non-hydrogen) atoms. The predicted octanol–water partition coefficient (Wildman–Crippen LogP) is 2.77. The van der Waals surface area contributed by atoms with Crippen molar-refractivity contribution in [1.82, 2.24) is 25.4 Å². The molecule has 1 atom stereocenters. The Labute approximate surface area is 195 Å². The normalized spacial score (nSPS) is 16.5. The molecule has 1 aromatic heterocycles. The van der Waals surface area contributed by atoms with Gasteiger partial charge in [0.15, 0.2) is 5.96 Å².